The Morgan fingerprint density at radius 1 is 1.47 bits per heavy atom. The van der Waals surface area contributed by atoms with Crippen molar-refractivity contribution in [3.63, 3.8) is 0 Å². The van der Waals surface area contributed by atoms with E-state index in [-0.39, 0.29) is 5.41 Å². The third kappa shape index (κ3) is 2.41. The first kappa shape index (κ1) is 10.3. The van der Waals surface area contributed by atoms with Crippen molar-refractivity contribution in [2.75, 3.05) is 19.8 Å². The molecule has 0 spiro atoms. The molecule has 0 aromatic carbocycles. The van der Waals surface area contributed by atoms with Crippen molar-refractivity contribution in [2.45, 2.75) is 13.3 Å². The number of ether oxygens (including phenoxy) is 2. The average molecular weight is 204 g/mol. The molecule has 1 aliphatic heterocycles. The molecule has 80 valence electrons. The van der Waals surface area contributed by atoms with Gasteiger partial charge in [0.2, 0.25) is 0 Å². The van der Waals surface area contributed by atoms with Gasteiger partial charge in [-0.15, -0.1) is 5.73 Å². The highest BCUT2D eigenvalue weighted by Crippen LogP contribution is 2.32. The highest BCUT2D eigenvalue weighted by Gasteiger charge is 2.37. The van der Waals surface area contributed by atoms with E-state index < -0.39 is 0 Å². The fourth-order valence-electron chi connectivity index (χ4n) is 1.55. The second-order valence-corrected chi connectivity index (χ2v) is 4.06. The average Bonchev–Trinajstić information content (AvgIpc) is 2.45. The molecular weight excluding hydrogens is 188 g/mol. The molecule has 1 fully saturated rings. The summed E-state index contributed by atoms with van der Waals surface area (Å²) < 4.78 is 11.0. The van der Waals surface area contributed by atoms with E-state index in [0.29, 0.717) is 0 Å². The Morgan fingerprint density at radius 3 is 3.00 bits per heavy atom. The zero-order valence-corrected chi connectivity index (χ0v) is 9.03. The van der Waals surface area contributed by atoms with E-state index in [1.807, 2.05) is 30.4 Å². The Morgan fingerprint density at radius 2 is 2.33 bits per heavy atom. The van der Waals surface area contributed by atoms with Crippen LogP contribution in [-0.2, 0) is 9.47 Å². The highest BCUT2D eigenvalue weighted by atomic mass is 16.5. The summed E-state index contributed by atoms with van der Waals surface area (Å²) in [5.41, 5.74) is 3.25. The topological polar surface area (TPSA) is 18.5 Å². The van der Waals surface area contributed by atoms with Crippen LogP contribution in [0.25, 0.3) is 0 Å². The van der Waals surface area contributed by atoms with Crippen LogP contribution in [-0.4, -0.2) is 19.8 Å². The normalized spacial score (nSPS) is 21.8. The molecule has 15 heavy (non-hydrogen) atoms. The highest BCUT2D eigenvalue weighted by molar-refractivity contribution is 5.25. The van der Waals surface area contributed by atoms with Crippen molar-refractivity contribution >= 4 is 0 Å². The van der Waals surface area contributed by atoms with Gasteiger partial charge in [-0.3, -0.25) is 0 Å². The molecule has 0 aromatic heterocycles. The van der Waals surface area contributed by atoms with Crippen LogP contribution in [0.2, 0.25) is 0 Å². The fourth-order valence-corrected chi connectivity index (χ4v) is 1.55. The quantitative estimate of drug-likeness (QED) is 0.655. The molecular formula is C13H16O2. The van der Waals surface area contributed by atoms with Gasteiger partial charge in [-0.25, -0.2) is 0 Å². The fraction of sp³-hybridized carbons (Fsp3) is 0.462. The van der Waals surface area contributed by atoms with Gasteiger partial charge >= 0.3 is 0 Å². The van der Waals surface area contributed by atoms with Crippen LogP contribution in [0.3, 0.4) is 0 Å². The van der Waals surface area contributed by atoms with Gasteiger partial charge in [0.05, 0.1) is 25.2 Å². The summed E-state index contributed by atoms with van der Waals surface area (Å²) in [7, 11) is 0. The lowest BCUT2D eigenvalue weighted by Crippen LogP contribution is -2.45. The maximum Gasteiger partial charge on any atom is 0.119 e. The summed E-state index contributed by atoms with van der Waals surface area (Å²) in [4.78, 5) is 0. The van der Waals surface area contributed by atoms with Crippen molar-refractivity contribution < 1.29 is 9.47 Å². The van der Waals surface area contributed by atoms with Crippen LogP contribution in [0.4, 0.5) is 0 Å². The standard InChI is InChI=1S/C13H16O2/c1-2-13(9-14-10-13)11-15-12-7-5-3-4-6-8-12/h3,5-8H,2,9-11H2,1H3. The molecule has 2 nitrogen and oxygen atoms in total. The van der Waals surface area contributed by atoms with Crippen molar-refractivity contribution in [1.29, 1.82) is 0 Å². The Hall–Kier alpha value is -1.24. The Kier molecular flexibility index (Phi) is 3.10. The van der Waals surface area contributed by atoms with Crippen LogP contribution in [0.15, 0.2) is 41.9 Å². The first-order chi connectivity index (χ1) is 7.35. The zero-order valence-electron chi connectivity index (χ0n) is 9.03. The smallest absolute Gasteiger partial charge is 0.119 e. The molecule has 2 aliphatic rings. The SMILES string of the molecule is CCC1(COC2=CC=C=CC=C2)COC1. The number of rotatable bonds is 4. The Labute approximate surface area is 90.6 Å². The van der Waals surface area contributed by atoms with E-state index in [1.165, 1.54) is 0 Å². The lowest BCUT2D eigenvalue weighted by molar-refractivity contribution is -0.141. The van der Waals surface area contributed by atoms with Crippen LogP contribution >= 0.6 is 0 Å². The number of allylic oxidation sites excluding steroid dienone is 4. The van der Waals surface area contributed by atoms with Crippen molar-refractivity contribution in [1.82, 2.24) is 0 Å². The summed E-state index contributed by atoms with van der Waals surface area (Å²) in [6, 6.07) is 0. The first-order valence-corrected chi connectivity index (χ1v) is 5.35. The monoisotopic (exact) mass is 204 g/mol. The molecule has 0 radical (unpaired) electrons. The predicted octanol–water partition coefficient (Wildman–Crippen LogP) is 2.59. The minimum atomic E-state index is 0.248. The minimum absolute atomic E-state index is 0.248. The van der Waals surface area contributed by atoms with Gasteiger partial charge in [0, 0.05) is 0 Å². The van der Waals surface area contributed by atoms with Crippen LogP contribution in [0.5, 0.6) is 0 Å². The number of hydrogen-bond donors (Lipinski definition) is 0. The third-order valence-corrected chi connectivity index (χ3v) is 2.91. The molecule has 0 aromatic rings. The van der Waals surface area contributed by atoms with Gasteiger partial charge in [-0.1, -0.05) is 13.0 Å². The maximum absolute atomic E-state index is 5.76. The lowest BCUT2D eigenvalue weighted by Gasteiger charge is -2.40. The molecule has 0 atom stereocenters. The van der Waals surface area contributed by atoms with Crippen LogP contribution < -0.4 is 0 Å². The molecule has 0 saturated carbocycles. The van der Waals surface area contributed by atoms with Gasteiger partial charge < -0.3 is 9.47 Å². The summed E-state index contributed by atoms with van der Waals surface area (Å²) in [6.07, 6.45) is 10.7. The summed E-state index contributed by atoms with van der Waals surface area (Å²) >= 11 is 0. The van der Waals surface area contributed by atoms with Crippen molar-refractivity contribution in [3.8, 4) is 0 Å². The summed E-state index contributed by atoms with van der Waals surface area (Å²) in [5, 5.41) is 0. The van der Waals surface area contributed by atoms with E-state index >= 15 is 0 Å². The van der Waals surface area contributed by atoms with E-state index in [0.717, 1.165) is 32.0 Å². The molecule has 2 heteroatoms. The first-order valence-electron chi connectivity index (χ1n) is 5.35. The second-order valence-electron chi connectivity index (χ2n) is 4.06. The van der Waals surface area contributed by atoms with Gasteiger partial charge in [-0.05, 0) is 30.7 Å². The summed E-state index contributed by atoms with van der Waals surface area (Å²) in [6.45, 7) is 4.58. The van der Waals surface area contributed by atoms with Gasteiger partial charge in [0.1, 0.15) is 5.76 Å². The van der Waals surface area contributed by atoms with E-state index in [1.54, 1.807) is 0 Å². The summed E-state index contributed by atoms with van der Waals surface area (Å²) in [5.74, 6) is 0.899. The van der Waals surface area contributed by atoms with Gasteiger partial charge in [0.25, 0.3) is 0 Å². The molecule has 1 aliphatic carbocycles. The van der Waals surface area contributed by atoms with E-state index in [2.05, 4.69) is 12.7 Å². The predicted molar refractivity (Wildman–Crippen MR) is 59.4 cm³/mol. The molecule has 1 heterocycles. The largest absolute Gasteiger partial charge is 0.493 e. The Balaban J connectivity index is 1.88. The van der Waals surface area contributed by atoms with Gasteiger partial charge in [0.15, 0.2) is 0 Å². The van der Waals surface area contributed by atoms with Crippen LogP contribution in [0, 0.1) is 5.41 Å². The minimum Gasteiger partial charge on any atom is -0.493 e. The number of hydrogen-bond acceptors (Lipinski definition) is 2. The van der Waals surface area contributed by atoms with E-state index in [4.69, 9.17) is 9.47 Å². The maximum atomic E-state index is 5.76. The lowest BCUT2D eigenvalue weighted by atomic mass is 9.84. The molecule has 2 rings (SSSR count). The molecule has 0 bridgehead atoms. The zero-order chi connectivity index (χ0) is 10.6. The second kappa shape index (κ2) is 4.52. The molecule has 0 unspecified atom stereocenters. The van der Waals surface area contributed by atoms with Crippen molar-refractivity contribution in [2.24, 2.45) is 5.41 Å². The van der Waals surface area contributed by atoms with Gasteiger partial charge in [-0.2, -0.15) is 0 Å². The van der Waals surface area contributed by atoms with E-state index in [9.17, 15) is 0 Å². The van der Waals surface area contributed by atoms with Crippen LogP contribution in [0.1, 0.15) is 13.3 Å². The third-order valence-electron chi connectivity index (χ3n) is 2.91. The molecule has 0 N–H and O–H groups in total. The molecule has 1 saturated heterocycles. The van der Waals surface area contributed by atoms with Crippen molar-refractivity contribution in [3.05, 3.63) is 41.9 Å². The Bertz CT molecular complexity index is 334. The molecule has 0 amide bonds.